The van der Waals surface area contributed by atoms with Crippen molar-refractivity contribution in [1.29, 1.82) is 0 Å². The van der Waals surface area contributed by atoms with Crippen LogP contribution in [-0.4, -0.2) is 31.8 Å². The summed E-state index contributed by atoms with van der Waals surface area (Å²) < 4.78 is 55.3. The van der Waals surface area contributed by atoms with Crippen molar-refractivity contribution < 1.29 is 36.6 Å². The summed E-state index contributed by atoms with van der Waals surface area (Å²) in [4.78, 5) is 21.0. The molecule has 0 rings (SSSR count). The minimum absolute atomic E-state index is 0.213. The van der Waals surface area contributed by atoms with Crippen LogP contribution in [0.2, 0.25) is 0 Å². The van der Waals surface area contributed by atoms with Crippen molar-refractivity contribution in [3.8, 4) is 0 Å². The van der Waals surface area contributed by atoms with E-state index in [9.17, 15) is 27.2 Å². The minimum Gasteiger partial charge on any atom is -0.461 e. The molecule has 0 heterocycles. The first-order valence-electron chi connectivity index (χ1n) is 3.92. The van der Waals surface area contributed by atoms with Gasteiger partial charge in [-0.15, -0.1) is 0 Å². The lowest BCUT2D eigenvalue weighted by Gasteiger charge is -2.03. The molecule has 0 saturated heterocycles. The number of carbonyl (C=O) groups is 2. The Bertz CT molecular complexity index is 295. The van der Waals surface area contributed by atoms with Crippen LogP contribution in [0.1, 0.15) is 6.42 Å². The first-order chi connectivity index (χ1) is 7.26. The van der Waals surface area contributed by atoms with Gasteiger partial charge in [-0.3, -0.25) is 0 Å². The van der Waals surface area contributed by atoms with Crippen LogP contribution in [0.25, 0.3) is 0 Å². The van der Waals surface area contributed by atoms with Gasteiger partial charge in [-0.1, -0.05) is 0 Å². The van der Waals surface area contributed by atoms with E-state index in [2.05, 4.69) is 9.47 Å². The molecule has 8 heteroatoms. The second-order valence-corrected chi connectivity index (χ2v) is 2.54. The van der Waals surface area contributed by atoms with Crippen LogP contribution in [-0.2, 0) is 19.1 Å². The van der Waals surface area contributed by atoms with Gasteiger partial charge in [0.2, 0.25) is 0 Å². The number of alkyl halides is 3. The molecule has 0 unspecified atom stereocenters. The number of methoxy groups -OCH3 is 1. The number of hydrogen-bond donors (Lipinski definition) is 0. The standard InChI is InChI=1S/C8H8F4O4/c1-15-6(13)7(14)16-4-5(9)2-3-8(10,11)12/h2H,3-4H2,1H3. The van der Waals surface area contributed by atoms with Crippen LogP contribution >= 0.6 is 0 Å². The van der Waals surface area contributed by atoms with E-state index in [1.54, 1.807) is 0 Å². The van der Waals surface area contributed by atoms with Crippen molar-refractivity contribution in [3.63, 3.8) is 0 Å². The van der Waals surface area contributed by atoms with Crippen LogP contribution in [0.15, 0.2) is 11.9 Å². The monoisotopic (exact) mass is 244 g/mol. The van der Waals surface area contributed by atoms with Gasteiger partial charge < -0.3 is 9.47 Å². The van der Waals surface area contributed by atoms with Crippen LogP contribution in [0.5, 0.6) is 0 Å². The molecule has 92 valence electrons. The lowest BCUT2D eigenvalue weighted by molar-refractivity contribution is -0.165. The van der Waals surface area contributed by atoms with E-state index in [4.69, 9.17) is 0 Å². The summed E-state index contributed by atoms with van der Waals surface area (Å²) in [5, 5.41) is 0. The number of esters is 2. The summed E-state index contributed by atoms with van der Waals surface area (Å²) in [7, 11) is 0.902. The van der Waals surface area contributed by atoms with Gasteiger partial charge in [-0.2, -0.15) is 13.2 Å². The number of halogens is 4. The smallest absolute Gasteiger partial charge is 0.417 e. The predicted molar refractivity (Wildman–Crippen MR) is 42.8 cm³/mol. The Morgan fingerprint density at radius 2 is 1.81 bits per heavy atom. The van der Waals surface area contributed by atoms with Crippen molar-refractivity contribution in [1.82, 2.24) is 0 Å². The van der Waals surface area contributed by atoms with Crippen molar-refractivity contribution in [2.24, 2.45) is 0 Å². The zero-order valence-corrected chi connectivity index (χ0v) is 8.14. The quantitative estimate of drug-likeness (QED) is 0.429. The van der Waals surface area contributed by atoms with Crippen molar-refractivity contribution in [2.45, 2.75) is 12.6 Å². The molecule has 0 atom stereocenters. The molecule has 0 aliphatic heterocycles. The van der Waals surface area contributed by atoms with E-state index in [1.165, 1.54) is 0 Å². The fourth-order valence-electron chi connectivity index (χ4n) is 0.562. The van der Waals surface area contributed by atoms with Gasteiger partial charge in [0, 0.05) is 0 Å². The summed E-state index contributed by atoms with van der Waals surface area (Å²) >= 11 is 0. The number of hydrogen-bond acceptors (Lipinski definition) is 4. The van der Waals surface area contributed by atoms with Gasteiger partial charge in [-0.05, 0) is 6.08 Å². The topological polar surface area (TPSA) is 52.6 Å². The molecule has 0 spiro atoms. The molecule has 0 aliphatic rings. The third-order valence-corrected chi connectivity index (χ3v) is 1.25. The fraction of sp³-hybridized carbons (Fsp3) is 0.500. The average molecular weight is 244 g/mol. The average Bonchev–Trinajstić information content (AvgIpc) is 2.20. The molecular formula is C8H8F4O4. The maximum Gasteiger partial charge on any atom is 0.417 e. The number of rotatable bonds is 3. The van der Waals surface area contributed by atoms with Crippen molar-refractivity contribution in [2.75, 3.05) is 13.7 Å². The van der Waals surface area contributed by atoms with Gasteiger partial charge in [0.25, 0.3) is 0 Å². The Morgan fingerprint density at radius 1 is 1.25 bits per heavy atom. The highest BCUT2D eigenvalue weighted by atomic mass is 19.4. The molecule has 0 amide bonds. The molecular weight excluding hydrogens is 236 g/mol. The highest BCUT2D eigenvalue weighted by molar-refractivity contribution is 6.29. The zero-order valence-electron chi connectivity index (χ0n) is 8.14. The largest absolute Gasteiger partial charge is 0.461 e. The van der Waals surface area contributed by atoms with Gasteiger partial charge >= 0.3 is 18.1 Å². The van der Waals surface area contributed by atoms with Crippen LogP contribution < -0.4 is 0 Å². The summed E-state index contributed by atoms with van der Waals surface area (Å²) in [6.45, 7) is -1.04. The summed E-state index contributed by atoms with van der Waals surface area (Å²) in [5.41, 5.74) is 0. The number of carbonyl (C=O) groups excluding carboxylic acids is 2. The second kappa shape index (κ2) is 6.09. The third-order valence-electron chi connectivity index (χ3n) is 1.25. The van der Waals surface area contributed by atoms with E-state index in [0.717, 1.165) is 7.11 Å². The van der Waals surface area contributed by atoms with E-state index < -0.39 is 37.0 Å². The van der Waals surface area contributed by atoms with Crippen LogP contribution in [0.4, 0.5) is 17.6 Å². The Hall–Kier alpha value is -1.60. The molecule has 16 heavy (non-hydrogen) atoms. The predicted octanol–water partition coefficient (Wildman–Crippen LogP) is 1.51. The van der Waals surface area contributed by atoms with E-state index >= 15 is 0 Å². The van der Waals surface area contributed by atoms with Crippen molar-refractivity contribution >= 4 is 11.9 Å². The SMILES string of the molecule is COC(=O)C(=O)OCC(F)=CCC(F)(F)F. The molecule has 0 aromatic heterocycles. The molecule has 0 fully saturated rings. The molecule has 0 N–H and O–H groups in total. The molecule has 0 radical (unpaired) electrons. The first-order valence-corrected chi connectivity index (χ1v) is 3.92. The van der Waals surface area contributed by atoms with Gasteiger partial charge in [0.15, 0.2) is 0 Å². The third kappa shape index (κ3) is 6.80. The molecule has 0 bridgehead atoms. The van der Waals surface area contributed by atoms with Gasteiger partial charge in [0.1, 0.15) is 12.4 Å². The molecule has 0 saturated carbocycles. The highest BCUT2D eigenvalue weighted by Crippen LogP contribution is 2.20. The summed E-state index contributed by atoms with van der Waals surface area (Å²) in [6.07, 6.45) is -5.80. The first kappa shape index (κ1) is 14.4. The molecule has 0 aromatic carbocycles. The minimum atomic E-state index is -4.54. The maximum atomic E-state index is 12.6. The van der Waals surface area contributed by atoms with Gasteiger partial charge in [0.05, 0.1) is 13.5 Å². The summed E-state index contributed by atoms with van der Waals surface area (Å²) in [6, 6.07) is 0. The molecule has 0 aliphatic carbocycles. The molecule has 0 aromatic rings. The fourth-order valence-corrected chi connectivity index (χ4v) is 0.562. The van der Waals surface area contributed by atoms with E-state index in [-0.39, 0.29) is 6.08 Å². The Balaban J connectivity index is 4.03. The summed E-state index contributed by atoms with van der Waals surface area (Å²) in [5.74, 6) is -4.13. The zero-order chi connectivity index (χ0) is 12.8. The molecule has 4 nitrogen and oxygen atoms in total. The van der Waals surface area contributed by atoms with E-state index in [1.807, 2.05) is 0 Å². The van der Waals surface area contributed by atoms with E-state index in [0.29, 0.717) is 0 Å². The normalized spacial score (nSPS) is 12.2. The maximum absolute atomic E-state index is 12.6. The second-order valence-electron chi connectivity index (χ2n) is 2.54. The van der Waals surface area contributed by atoms with Crippen molar-refractivity contribution in [3.05, 3.63) is 11.9 Å². The Labute approximate surface area is 87.8 Å². The lowest BCUT2D eigenvalue weighted by atomic mass is 10.3. The van der Waals surface area contributed by atoms with Crippen LogP contribution in [0, 0.1) is 0 Å². The van der Waals surface area contributed by atoms with Crippen LogP contribution in [0.3, 0.4) is 0 Å². The lowest BCUT2D eigenvalue weighted by Crippen LogP contribution is -2.19. The Kier molecular flexibility index (Phi) is 5.48. The number of ether oxygens (including phenoxy) is 2. The highest BCUT2D eigenvalue weighted by Gasteiger charge is 2.25. The van der Waals surface area contributed by atoms with Gasteiger partial charge in [-0.25, -0.2) is 14.0 Å². The Morgan fingerprint density at radius 3 is 2.25 bits per heavy atom. The number of allylic oxidation sites excluding steroid dienone is 1.